The first-order chi connectivity index (χ1) is 7.77. The van der Waals surface area contributed by atoms with Crippen molar-refractivity contribution in [3.05, 3.63) is 0 Å². The van der Waals surface area contributed by atoms with E-state index >= 15 is 0 Å². The predicted molar refractivity (Wildman–Crippen MR) is 68.8 cm³/mol. The van der Waals surface area contributed by atoms with Crippen molar-refractivity contribution in [1.29, 1.82) is 0 Å². The highest BCUT2D eigenvalue weighted by atomic mass is 16.5. The molecule has 3 nitrogen and oxygen atoms in total. The van der Waals surface area contributed by atoms with E-state index < -0.39 is 0 Å². The third kappa shape index (κ3) is 5.83. The molecule has 0 aromatic heterocycles. The molecule has 1 aliphatic carbocycles. The minimum atomic E-state index is 0.660. The maximum absolute atomic E-state index is 5.03. The zero-order valence-electron chi connectivity index (χ0n) is 11.2. The first kappa shape index (κ1) is 13.9. The Morgan fingerprint density at radius 3 is 2.75 bits per heavy atom. The minimum Gasteiger partial charge on any atom is -0.385 e. The number of hydrogen-bond acceptors (Lipinski definition) is 3. The summed E-state index contributed by atoms with van der Waals surface area (Å²) in [5.74, 6) is 0.996. The van der Waals surface area contributed by atoms with Gasteiger partial charge in [0.2, 0.25) is 0 Å². The van der Waals surface area contributed by atoms with E-state index in [1.54, 1.807) is 7.11 Å². The van der Waals surface area contributed by atoms with Crippen molar-refractivity contribution in [3.63, 3.8) is 0 Å². The molecular formula is C13H28N2O. The molecule has 1 aliphatic rings. The molecule has 96 valence electrons. The van der Waals surface area contributed by atoms with Gasteiger partial charge in [-0.15, -0.1) is 0 Å². The second kappa shape index (κ2) is 8.04. The highest BCUT2D eigenvalue weighted by Crippen LogP contribution is 2.30. The van der Waals surface area contributed by atoms with E-state index in [-0.39, 0.29) is 0 Å². The Bertz CT molecular complexity index is 171. The molecule has 1 saturated carbocycles. The Kier molecular flexibility index (Phi) is 7.01. The third-order valence-electron chi connectivity index (χ3n) is 3.36. The van der Waals surface area contributed by atoms with Gasteiger partial charge < -0.3 is 10.1 Å². The number of nitrogens with one attached hydrogen (secondary N) is 1. The summed E-state index contributed by atoms with van der Waals surface area (Å²) < 4.78 is 5.03. The van der Waals surface area contributed by atoms with Gasteiger partial charge in [0.15, 0.2) is 0 Å². The molecule has 1 rings (SSSR count). The molecule has 0 bridgehead atoms. The first-order valence-corrected chi connectivity index (χ1v) is 6.71. The van der Waals surface area contributed by atoms with Gasteiger partial charge in [-0.25, -0.2) is 0 Å². The minimum absolute atomic E-state index is 0.660. The molecule has 0 aromatic carbocycles. The largest absolute Gasteiger partial charge is 0.385 e. The van der Waals surface area contributed by atoms with Crippen LogP contribution in [0.2, 0.25) is 0 Å². The topological polar surface area (TPSA) is 24.5 Å². The molecular weight excluding hydrogens is 200 g/mol. The van der Waals surface area contributed by atoms with Gasteiger partial charge in [-0.2, -0.15) is 0 Å². The summed E-state index contributed by atoms with van der Waals surface area (Å²) in [6.45, 7) is 10.1. The van der Waals surface area contributed by atoms with Crippen LogP contribution < -0.4 is 5.32 Å². The Balaban J connectivity index is 2.03. The van der Waals surface area contributed by atoms with E-state index in [0.717, 1.165) is 32.0 Å². The maximum atomic E-state index is 5.03. The highest BCUT2D eigenvalue weighted by Gasteiger charge is 2.25. The van der Waals surface area contributed by atoms with Gasteiger partial charge in [-0.3, -0.25) is 4.90 Å². The summed E-state index contributed by atoms with van der Waals surface area (Å²) >= 11 is 0. The van der Waals surface area contributed by atoms with Crippen LogP contribution in [0.15, 0.2) is 0 Å². The molecule has 3 heteroatoms. The molecule has 0 aromatic rings. The summed E-state index contributed by atoms with van der Waals surface area (Å²) in [6, 6.07) is 0.660. The summed E-state index contributed by atoms with van der Waals surface area (Å²) in [5.41, 5.74) is 0. The van der Waals surface area contributed by atoms with Crippen molar-refractivity contribution < 1.29 is 4.74 Å². The van der Waals surface area contributed by atoms with Gasteiger partial charge in [-0.1, -0.05) is 6.92 Å². The molecule has 0 saturated heterocycles. The van der Waals surface area contributed by atoms with Gasteiger partial charge in [0.05, 0.1) is 0 Å². The van der Waals surface area contributed by atoms with Crippen molar-refractivity contribution in [1.82, 2.24) is 10.2 Å². The van der Waals surface area contributed by atoms with Crippen LogP contribution >= 0.6 is 0 Å². The number of rotatable bonds is 10. The van der Waals surface area contributed by atoms with Crippen LogP contribution in [0.25, 0.3) is 0 Å². The fourth-order valence-electron chi connectivity index (χ4n) is 2.03. The lowest BCUT2D eigenvalue weighted by atomic mass is 10.2. The van der Waals surface area contributed by atoms with Gasteiger partial charge in [0.25, 0.3) is 0 Å². The molecule has 1 atom stereocenters. The zero-order valence-corrected chi connectivity index (χ0v) is 11.2. The average molecular weight is 228 g/mol. The Hall–Kier alpha value is -0.120. The summed E-state index contributed by atoms with van der Waals surface area (Å²) in [5, 5.41) is 3.51. The standard InChI is InChI=1S/C13H28N2O/c1-4-15(11-13-6-7-13)12(2)10-14-8-5-9-16-3/h12-14H,4-11H2,1-3H3. The lowest BCUT2D eigenvalue weighted by Crippen LogP contribution is -2.41. The lowest BCUT2D eigenvalue weighted by Gasteiger charge is -2.28. The second-order valence-electron chi connectivity index (χ2n) is 4.93. The summed E-state index contributed by atoms with van der Waals surface area (Å²) in [6.07, 6.45) is 4.01. The van der Waals surface area contributed by atoms with Gasteiger partial charge in [0, 0.05) is 32.8 Å². The predicted octanol–water partition coefficient (Wildman–Crippen LogP) is 1.73. The van der Waals surface area contributed by atoms with E-state index in [1.165, 1.54) is 25.9 Å². The number of methoxy groups -OCH3 is 1. The molecule has 0 amide bonds. The molecule has 0 aliphatic heterocycles. The fraction of sp³-hybridized carbons (Fsp3) is 1.00. The maximum Gasteiger partial charge on any atom is 0.0474 e. The van der Waals surface area contributed by atoms with E-state index in [2.05, 4.69) is 24.1 Å². The number of hydrogen-bond donors (Lipinski definition) is 1. The molecule has 1 unspecified atom stereocenters. The molecule has 1 N–H and O–H groups in total. The van der Waals surface area contributed by atoms with E-state index in [9.17, 15) is 0 Å². The smallest absolute Gasteiger partial charge is 0.0474 e. The number of ether oxygens (including phenoxy) is 1. The second-order valence-corrected chi connectivity index (χ2v) is 4.93. The average Bonchev–Trinajstić information content (AvgIpc) is 3.09. The van der Waals surface area contributed by atoms with Crippen molar-refractivity contribution in [2.24, 2.45) is 5.92 Å². The summed E-state index contributed by atoms with van der Waals surface area (Å²) in [7, 11) is 1.76. The van der Waals surface area contributed by atoms with E-state index in [4.69, 9.17) is 4.74 Å². The lowest BCUT2D eigenvalue weighted by molar-refractivity contribution is 0.187. The van der Waals surface area contributed by atoms with Gasteiger partial charge in [0.1, 0.15) is 0 Å². The third-order valence-corrected chi connectivity index (χ3v) is 3.36. The van der Waals surface area contributed by atoms with Crippen molar-refractivity contribution in [2.45, 2.75) is 39.2 Å². The van der Waals surface area contributed by atoms with Crippen LogP contribution in [0.4, 0.5) is 0 Å². The van der Waals surface area contributed by atoms with Crippen LogP contribution in [0.5, 0.6) is 0 Å². The number of nitrogens with zero attached hydrogens (tertiary/aromatic N) is 1. The Morgan fingerprint density at radius 2 is 2.19 bits per heavy atom. The summed E-state index contributed by atoms with van der Waals surface area (Å²) in [4.78, 5) is 2.60. The van der Waals surface area contributed by atoms with Crippen LogP contribution in [0.1, 0.15) is 33.1 Å². The fourth-order valence-corrected chi connectivity index (χ4v) is 2.03. The van der Waals surface area contributed by atoms with Crippen molar-refractivity contribution >= 4 is 0 Å². The number of likely N-dealkylation sites (N-methyl/N-ethyl adjacent to an activating group) is 1. The van der Waals surface area contributed by atoms with Crippen LogP contribution in [0.3, 0.4) is 0 Å². The monoisotopic (exact) mass is 228 g/mol. The first-order valence-electron chi connectivity index (χ1n) is 6.71. The van der Waals surface area contributed by atoms with E-state index in [0.29, 0.717) is 6.04 Å². The van der Waals surface area contributed by atoms with Crippen LogP contribution in [-0.4, -0.2) is 50.8 Å². The molecule has 0 spiro atoms. The van der Waals surface area contributed by atoms with Gasteiger partial charge >= 0.3 is 0 Å². The van der Waals surface area contributed by atoms with E-state index in [1.807, 2.05) is 0 Å². The van der Waals surface area contributed by atoms with Crippen molar-refractivity contribution in [3.8, 4) is 0 Å². The van der Waals surface area contributed by atoms with Crippen LogP contribution in [-0.2, 0) is 4.74 Å². The molecule has 16 heavy (non-hydrogen) atoms. The van der Waals surface area contributed by atoms with Gasteiger partial charge in [-0.05, 0) is 45.2 Å². The molecule has 0 heterocycles. The zero-order chi connectivity index (χ0) is 11.8. The highest BCUT2D eigenvalue weighted by molar-refractivity contribution is 4.79. The van der Waals surface area contributed by atoms with Crippen LogP contribution in [0, 0.1) is 5.92 Å². The molecule has 1 fully saturated rings. The normalized spacial score (nSPS) is 18.0. The quantitative estimate of drug-likeness (QED) is 0.576. The SMILES string of the molecule is CCN(CC1CC1)C(C)CNCCCOC. The Labute approximate surface area is 101 Å². The Morgan fingerprint density at radius 1 is 1.44 bits per heavy atom. The van der Waals surface area contributed by atoms with Crippen molar-refractivity contribution in [2.75, 3.05) is 39.9 Å². The molecule has 0 radical (unpaired) electrons.